The highest BCUT2D eigenvalue weighted by Gasteiger charge is 2.34. The number of anilines is 1. The number of likely N-dealkylation sites (N-methyl/N-ethyl adjacent to an activating group) is 1. The van der Waals surface area contributed by atoms with Crippen LogP contribution in [0.15, 0.2) is 77.7 Å². The number of nitrogens with one attached hydrogen (secondary N) is 1. The minimum atomic E-state index is -4.13. The van der Waals surface area contributed by atoms with Gasteiger partial charge in [0.05, 0.1) is 10.6 Å². The zero-order valence-electron chi connectivity index (χ0n) is 22.1. The van der Waals surface area contributed by atoms with Crippen molar-refractivity contribution in [2.24, 2.45) is 0 Å². The molecule has 7 nitrogen and oxygen atoms in total. The second-order valence-corrected chi connectivity index (χ2v) is 10.9. The Hall–Kier alpha value is -3.72. The molecule has 1 atom stereocenters. The first-order valence-electron chi connectivity index (χ1n) is 12.6. The third kappa shape index (κ3) is 6.58. The van der Waals surface area contributed by atoms with Gasteiger partial charge in [0.1, 0.15) is 18.4 Å². The van der Waals surface area contributed by atoms with Crippen LogP contribution in [0.5, 0.6) is 0 Å². The summed E-state index contributed by atoms with van der Waals surface area (Å²) in [6, 6.07) is 18.0. The molecular weight excluding hydrogens is 505 g/mol. The van der Waals surface area contributed by atoms with Gasteiger partial charge in [-0.3, -0.25) is 13.9 Å². The van der Waals surface area contributed by atoms with Crippen molar-refractivity contribution in [3.05, 3.63) is 95.3 Å². The maximum absolute atomic E-state index is 13.9. The molecular formula is C29H34FN3O4S. The zero-order valence-corrected chi connectivity index (χ0v) is 23.0. The van der Waals surface area contributed by atoms with Gasteiger partial charge in [0.15, 0.2) is 0 Å². The van der Waals surface area contributed by atoms with Crippen molar-refractivity contribution in [3.8, 4) is 0 Å². The molecule has 0 aliphatic heterocycles. The van der Waals surface area contributed by atoms with E-state index >= 15 is 0 Å². The van der Waals surface area contributed by atoms with E-state index in [1.807, 2.05) is 19.9 Å². The number of benzene rings is 3. The lowest BCUT2D eigenvalue weighted by Crippen LogP contribution is -2.52. The topological polar surface area (TPSA) is 86.8 Å². The maximum Gasteiger partial charge on any atom is 0.264 e. The molecule has 0 radical (unpaired) electrons. The van der Waals surface area contributed by atoms with Crippen LogP contribution in [0.4, 0.5) is 10.1 Å². The molecule has 2 amide bonds. The Morgan fingerprint density at radius 1 is 0.921 bits per heavy atom. The van der Waals surface area contributed by atoms with Crippen LogP contribution in [-0.2, 0) is 26.2 Å². The Bertz CT molecular complexity index is 1360. The van der Waals surface area contributed by atoms with Crippen LogP contribution in [0.25, 0.3) is 0 Å². The van der Waals surface area contributed by atoms with Crippen LogP contribution in [-0.4, -0.2) is 44.3 Å². The fourth-order valence-corrected chi connectivity index (χ4v) is 5.73. The van der Waals surface area contributed by atoms with Crippen molar-refractivity contribution in [3.63, 3.8) is 0 Å². The van der Waals surface area contributed by atoms with Gasteiger partial charge in [-0.15, -0.1) is 0 Å². The highest BCUT2D eigenvalue weighted by Crippen LogP contribution is 2.29. The molecule has 0 saturated carbocycles. The molecule has 202 valence electrons. The van der Waals surface area contributed by atoms with Gasteiger partial charge >= 0.3 is 0 Å². The fourth-order valence-electron chi connectivity index (χ4n) is 4.24. The summed E-state index contributed by atoms with van der Waals surface area (Å²) in [7, 11) is -4.13. The smallest absolute Gasteiger partial charge is 0.264 e. The van der Waals surface area contributed by atoms with Gasteiger partial charge in [-0.05, 0) is 74.2 Å². The summed E-state index contributed by atoms with van der Waals surface area (Å²) >= 11 is 0. The summed E-state index contributed by atoms with van der Waals surface area (Å²) < 4.78 is 42.4. The zero-order chi connectivity index (χ0) is 27.9. The Morgan fingerprint density at radius 3 is 2.18 bits per heavy atom. The van der Waals surface area contributed by atoms with Crippen molar-refractivity contribution in [1.29, 1.82) is 0 Å². The molecule has 0 bridgehead atoms. The monoisotopic (exact) mass is 539 g/mol. The van der Waals surface area contributed by atoms with E-state index in [4.69, 9.17) is 0 Å². The first-order chi connectivity index (χ1) is 18.1. The van der Waals surface area contributed by atoms with Crippen LogP contribution in [0.2, 0.25) is 0 Å². The van der Waals surface area contributed by atoms with Gasteiger partial charge < -0.3 is 10.2 Å². The Balaban J connectivity index is 2.09. The lowest BCUT2D eigenvalue weighted by atomic mass is 10.1. The maximum atomic E-state index is 13.9. The third-order valence-electron chi connectivity index (χ3n) is 6.46. The van der Waals surface area contributed by atoms with Gasteiger partial charge in [0.2, 0.25) is 11.8 Å². The van der Waals surface area contributed by atoms with Gasteiger partial charge in [-0.2, -0.15) is 0 Å². The predicted molar refractivity (Wildman–Crippen MR) is 147 cm³/mol. The summed E-state index contributed by atoms with van der Waals surface area (Å²) in [6.07, 6.45) is 0.313. The predicted octanol–water partition coefficient (Wildman–Crippen LogP) is 4.58. The SMILES string of the molecule is CCNC(=O)C(CC)N(Cc1ccc(F)cc1)C(=O)CN(c1cccc(C)c1C)S(=O)(=O)c1ccccc1. The van der Waals surface area contributed by atoms with Crippen molar-refractivity contribution in [1.82, 2.24) is 10.2 Å². The standard InChI is InChI=1S/C29H34FN3O4S/c1-5-26(29(35)31-6-2)32(19-23-15-17-24(30)18-16-23)28(34)20-33(27-14-10-11-21(3)22(27)4)38(36,37)25-12-8-7-9-13-25/h7-18,26H,5-6,19-20H2,1-4H3,(H,31,35). The molecule has 1 N–H and O–H groups in total. The lowest BCUT2D eigenvalue weighted by Gasteiger charge is -2.33. The normalized spacial score (nSPS) is 12.0. The van der Waals surface area contributed by atoms with Crippen molar-refractivity contribution in [2.75, 3.05) is 17.4 Å². The van der Waals surface area contributed by atoms with E-state index in [0.717, 1.165) is 15.4 Å². The van der Waals surface area contributed by atoms with E-state index in [-0.39, 0.29) is 17.3 Å². The van der Waals surface area contributed by atoms with E-state index in [0.29, 0.717) is 24.2 Å². The molecule has 38 heavy (non-hydrogen) atoms. The van der Waals surface area contributed by atoms with Crippen LogP contribution >= 0.6 is 0 Å². The third-order valence-corrected chi connectivity index (χ3v) is 8.23. The molecule has 3 aromatic rings. The number of aryl methyl sites for hydroxylation is 1. The summed E-state index contributed by atoms with van der Waals surface area (Å²) in [5.74, 6) is -1.31. The van der Waals surface area contributed by atoms with Gasteiger partial charge in [0, 0.05) is 13.1 Å². The molecule has 3 rings (SSSR count). The van der Waals surface area contributed by atoms with Crippen LogP contribution < -0.4 is 9.62 Å². The van der Waals surface area contributed by atoms with Gasteiger partial charge in [0.25, 0.3) is 10.0 Å². The van der Waals surface area contributed by atoms with Crippen LogP contribution in [0.1, 0.15) is 37.0 Å². The lowest BCUT2D eigenvalue weighted by molar-refractivity contribution is -0.140. The summed E-state index contributed by atoms with van der Waals surface area (Å²) in [4.78, 5) is 28.3. The molecule has 0 heterocycles. The number of rotatable bonds is 11. The number of hydrogen-bond acceptors (Lipinski definition) is 4. The quantitative estimate of drug-likeness (QED) is 0.387. The van der Waals surface area contributed by atoms with E-state index in [9.17, 15) is 22.4 Å². The number of amides is 2. The van der Waals surface area contributed by atoms with E-state index in [2.05, 4.69) is 5.32 Å². The second-order valence-electron chi connectivity index (χ2n) is 9.01. The Kier molecular flexibility index (Phi) is 9.63. The molecule has 0 saturated heterocycles. The second kappa shape index (κ2) is 12.7. The molecule has 0 aliphatic rings. The molecule has 0 aromatic heterocycles. The van der Waals surface area contributed by atoms with Crippen molar-refractivity contribution < 1.29 is 22.4 Å². The molecule has 1 unspecified atom stereocenters. The number of halogens is 1. The number of carbonyl (C=O) groups excluding carboxylic acids is 2. The van der Waals surface area contributed by atoms with Crippen LogP contribution in [0.3, 0.4) is 0 Å². The average Bonchev–Trinajstić information content (AvgIpc) is 2.90. The minimum absolute atomic E-state index is 0.0147. The van der Waals surface area contributed by atoms with E-state index in [1.54, 1.807) is 56.3 Å². The number of hydrogen-bond donors (Lipinski definition) is 1. The summed E-state index contributed by atoms with van der Waals surface area (Å²) in [6.45, 7) is 7.13. The minimum Gasteiger partial charge on any atom is -0.355 e. The molecule has 0 spiro atoms. The largest absolute Gasteiger partial charge is 0.355 e. The molecule has 0 fully saturated rings. The van der Waals surface area contributed by atoms with E-state index in [1.165, 1.54) is 29.2 Å². The Morgan fingerprint density at radius 2 is 1.58 bits per heavy atom. The number of carbonyl (C=O) groups is 2. The van der Waals surface area contributed by atoms with Gasteiger partial charge in [-0.1, -0.05) is 49.4 Å². The molecule has 0 aliphatic carbocycles. The number of nitrogens with zero attached hydrogens (tertiary/aromatic N) is 2. The molecule has 9 heteroatoms. The van der Waals surface area contributed by atoms with E-state index < -0.39 is 34.3 Å². The highest BCUT2D eigenvalue weighted by molar-refractivity contribution is 7.92. The summed E-state index contributed by atoms with van der Waals surface area (Å²) in [5.41, 5.74) is 2.60. The highest BCUT2D eigenvalue weighted by atomic mass is 32.2. The number of sulfonamides is 1. The summed E-state index contributed by atoms with van der Waals surface area (Å²) in [5, 5.41) is 2.76. The first kappa shape index (κ1) is 28.8. The van der Waals surface area contributed by atoms with Gasteiger partial charge in [-0.25, -0.2) is 12.8 Å². The molecule has 3 aromatic carbocycles. The van der Waals surface area contributed by atoms with Crippen molar-refractivity contribution >= 4 is 27.5 Å². The first-order valence-corrected chi connectivity index (χ1v) is 14.0. The average molecular weight is 540 g/mol. The van der Waals surface area contributed by atoms with Crippen LogP contribution in [0, 0.1) is 19.7 Å². The Labute approximate surface area is 224 Å². The van der Waals surface area contributed by atoms with Crippen molar-refractivity contribution in [2.45, 2.75) is 51.6 Å². The fraction of sp³-hybridized carbons (Fsp3) is 0.310.